The molecule has 0 aromatic heterocycles. The molecule has 0 spiro atoms. The lowest BCUT2D eigenvalue weighted by molar-refractivity contribution is 0.138. The summed E-state index contributed by atoms with van der Waals surface area (Å²) in [5, 5.41) is 4.84. The minimum absolute atomic E-state index is 0.0660. The summed E-state index contributed by atoms with van der Waals surface area (Å²) in [5.74, 6) is 0. The van der Waals surface area contributed by atoms with Crippen LogP contribution in [0.4, 0.5) is 0 Å². The molecule has 0 fully saturated rings. The first-order valence-corrected chi connectivity index (χ1v) is 7.42. The third-order valence-electron chi connectivity index (χ3n) is 3.75. The fraction of sp³-hybridized carbons (Fsp3) is 0.600. The van der Waals surface area contributed by atoms with Crippen molar-refractivity contribution in [2.45, 2.75) is 38.8 Å². The van der Waals surface area contributed by atoms with Gasteiger partial charge < -0.3 is 10.2 Å². The Balaban J connectivity index is 3.20. The average Bonchev–Trinajstić information content (AvgIpc) is 2.34. The van der Waals surface area contributed by atoms with Crippen LogP contribution in [0, 0.1) is 0 Å². The SMILES string of the molecule is CCCNC(c1cccc(Cl)c1Cl)C(C)(C)N(C)C. The molecule has 19 heavy (non-hydrogen) atoms. The van der Waals surface area contributed by atoms with E-state index in [1.54, 1.807) is 0 Å². The Morgan fingerprint density at radius 3 is 2.42 bits per heavy atom. The highest BCUT2D eigenvalue weighted by molar-refractivity contribution is 6.42. The topological polar surface area (TPSA) is 15.3 Å². The number of benzene rings is 1. The Hall–Kier alpha value is -0.280. The van der Waals surface area contributed by atoms with Crippen LogP contribution in [0.15, 0.2) is 18.2 Å². The summed E-state index contributed by atoms with van der Waals surface area (Å²) < 4.78 is 0. The van der Waals surface area contributed by atoms with E-state index in [-0.39, 0.29) is 11.6 Å². The molecule has 0 radical (unpaired) electrons. The first-order chi connectivity index (χ1) is 8.82. The van der Waals surface area contributed by atoms with Crippen molar-refractivity contribution < 1.29 is 0 Å². The van der Waals surface area contributed by atoms with Crippen molar-refractivity contribution in [2.75, 3.05) is 20.6 Å². The maximum Gasteiger partial charge on any atom is 0.0640 e. The van der Waals surface area contributed by atoms with E-state index in [2.05, 4.69) is 45.1 Å². The molecule has 0 aliphatic carbocycles. The van der Waals surface area contributed by atoms with Gasteiger partial charge in [0.05, 0.1) is 16.1 Å². The van der Waals surface area contributed by atoms with Crippen molar-refractivity contribution in [3.05, 3.63) is 33.8 Å². The fourth-order valence-electron chi connectivity index (χ4n) is 2.03. The fourth-order valence-corrected chi connectivity index (χ4v) is 2.45. The van der Waals surface area contributed by atoms with Gasteiger partial charge in [-0.1, -0.05) is 42.3 Å². The van der Waals surface area contributed by atoms with Gasteiger partial charge in [-0.15, -0.1) is 0 Å². The second-order valence-corrected chi connectivity index (χ2v) is 6.36. The van der Waals surface area contributed by atoms with E-state index in [1.807, 2.05) is 18.2 Å². The van der Waals surface area contributed by atoms with Crippen LogP contribution in [0.25, 0.3) is 0 Å². The molecular formula is C15H24Cl2N2. The van der Waals surface area contributed by atoms with Gasteiger partial charge in [-0.3, -0.25) is 0 Å². The summed E-state index contributed by atoms with van der Waals surface area (Å²) in [6.07, 6.45) is 1.08. The minimum atomic E-state index is -0.0660. The number of hydrogen-bond acceptors (Lipinski definition) is 2. The lowest BCUT2D eigenvalue weighted by atomic mass is 9.87. The third-order valence-corrected chi connectivity index (χ3v) is 4.58. The van der Waals surface area contributed by atoms with Gasteiger partial charge in [0.2, 0.25) is 0 Å². The van der Waals surface area contributed by atoms with Crippen LogP contribution in [0.1, 0.15) is 38.8 Å². The summed E-state index contributed by atoms with van der Waals surface area (Å²) in [6.45, 7) is 7.52. The van der Waals surface area contributed by atoms with Crippen molar-refractivity contribution in [1.82, 2.24) is 10.2 Å². The van der Waals surface area contributed by atoms with Crippen LogP contribution in [0.2, 0.25) is 10.0 Å². The molecule has 0 saturated carbocycles. The highest BCUT2D eigenvalue weighted by Crippen LogP contribution is 2.36. The minimum Gasteiger partial charge on any atom is -0.308 e. The number of likely N-dealkylation sites (N-methyl/N-ethyl adjacent to an activating group) is 1. The van der Waals surface area contributed by atoms with E-state index in [9.17, 15) is 0 Å². The Kier molecular flexibility index (Phi) is 6.13. The molecule has 0 aliphatic rings. The largest absolute Gasteiger partial charge is 0.308 e. The van der Waals surface area contributed by atoms with Gasteiger partial charge in [0.15, 0.2) is 0 Å². The van der Waals surface area contributed by atoms with Crippen molar-refractivity contribution in [2.24, 2.45) is 0 Å². The van der Waals surface area contributed by atoms with Crippen molar-refractivity contribution in [1.29, 1.82) is 0 Å². The van der Waals surface area contributed by atoms with Crippen molar-refractivity contribution in [3.63, 3.8) is 0 Å². The Morgan fingerprint density at radius 2 is 1.89 bits per heavy atom. The number of nitrogens with zero attached hydrogens (tertiary/aromatic N) is 1. The summed E-state index contributed by atoms with van der Waals surface area (Å²) in [4.78, 5) is 2.21. The molecule has 1 rings (SSSR count). The summed E-state index contributed by atoms with van der Waals surface area (Å²) in [7, 11) is 4.16. The van der Waals surface area contributed by atoms with Crippen molar-refractivity contribution >= 4 is 23.2 Å². The summed E-state index contributed by atoms with van der Waals surface area (Å²) in [6, 6.07) is 5.96. The normalized spacial score (nSPS) is 13.9. The van der Waals surface area contributed by atoms with E-state index >= 15 is 0 Å². The van der Waals surface area contributed by atoms with Gasteiger partial charge in [0, 0.05) is 5.54 Å². The van der Waals surface area contributed by atoms with Crippen LogP contribution >= 0.6 is 23.2 Å². The predicted octanol–water partition coefficient (Wildman–Crippen LogP) is 4.37. The monoisotopic (exact) mass is 302 g/mol. The first-order valence-electron chi connectivity index (χ1n) is 6.67. The Morgan fingerprint density at radius 1 is 1.26 bits per heavy atom. The molecule has 4 heteroatoms. The molecule has 0 amide bonds. The molecule has 0 heterocycles. The molecule has 1 atom stereocenters. The number of nitrogens with one attached hydrogen (secondary N) is 1. The van der Waals surface area contributed by atoms with Gasteiger partial charge in [0.25, 0.3) is 0 Å². The van der Waals surface area contributed by atoms with Crippen LogP contribution in [0.5, 0.6) is 0 Å². The third kappa shape index (κ3) is 3.85. The van der Waals surface area contributed by atoms with Gasteiger partial charge in [0.1, 0.15) is 0 Å². The molecule has 108 valence electrons. The summed E-state index contributed by atoms with van der Waals surface area (Å²) in [5.41, 5.74) is 0.991. The highest BCUT2D eigenvalue weighted by atomic mass is 35.5. The molecule has 0 saturated heterocycles. The lowest BCUT2D eigenvalue weighted by Crippen LogP contribution is -2.49. The smallest absolute Gasteiger partial charge is 0.0640 e. The highest BCUT2D eigenvalue weighted by Gasteiger charge is 2.33. The maximum absolute atomic E-state index is 6.39. The Bertz CT molecular complexity index is 417. The van der Waals surface area contributed by atoms with Crippen LogP contribution < -0.4 is 5.32 Å². The molecule has 0 aliphatic heterocycles. The maximum atomic E-state index is 6.39. The molecule has 1 unspecified atom stereocenters. The second-order valence-electron chi connectivity index (χ2n) is 5.58. The number of rotatable bonds is 6. The van der Waals surface area contributed by atoms with Crippen LogP contribution in [0.3, 0.4) is 0 Å². The quantitative estimate of drug-likeness (QED) is 0.839. The van der Waals surface area contributed by atoms with Gasteiger partial charge in [-0.25, -0.2) is 0 Å². The van der Waals surface area contributed by atoms with Gasteiger partial charge in [-0.05, 0) is 52.5 Å². The van der Waals surface area contributed by atoms with E-state index in [0.29, 0.717) is 10.0 Å². The molecule has 0 bridgehead atoms. The van der Waals surface area contributed by atoms with E-state index in [1.165, 1.54) is 0 Å². The van der Waals surface area contributed by atoms with Crippen LogP contribution in [-0.2, 0) is 0 Å². The zero-order valence-electron chi connectivity index (χ0n) is 12.4. The van der Waals surface area contributed by atoms with Crippen molar-refractivity contribution in [3.8, 4) is 0 Å². The molecule has 1 aromatic rings. The number of halogens is 2. The molecule has 1 aromatic carbocycles. The van der Waals surface area contributed by atoms with E-state index < -0.39 is 0 Å². The number of hydrogen-bond donors (Lipinski definition) is 1. The Labute approximate surface area is 127 Å². The zero-order chi connectivity index (χ0) is 14.6. The standard InChI is InChI=1S/C15H24Cl2N2/c1-6-10-18-14(15(2,3)19(4)5)11-8-7-9-12(16)13(11)17/h7-9,14,18H,6,10H2,1-5H3. The van der Waals surface area contributed by atoms with E-state index in [4.69, 9.17) is 23.2 Å². The second kappa shape index (κ2) is 6.94. The molecule has 1 N–H and O–H groups in total. The van der Waals surface area contributed by atoms with Gasteiger partial charge >= 0.3 is 0 Å². The predicted molar refractivity (Wildman–Crippen MR) is 85.3 cm³/mol. The zero-order valence-corrected chi connectivity index (χ0v) is 13.9. The molecular weight excluding hydrogens is 279 g/mol. The average molecular weight is 303 g/mol. The van der Waals surface area contributed by atoms with Crippen LogP contribution in [-0.4, -0.2) is 31.1 Å². The molecule has 2 nitrogen and oxygen atoms in total. The summed E-state index contributed by atoms with van der Waals surface area (Å²) >= 11 is 12.5. The van der Waals surface area contributed by atoms with E-state index in [0.717, 1.165) is 18.5 Å². The first kappa shape index (κ1) is 16.8. The van der Waals surface area contributed by atoms with Gasteiger partial charge in [-0.2, -0.15) is 0 Å². The lowest BCUT2D eigenvalue weighted by Gasteiger charge is -2.41.